The summed E-state index contributed by atoms with van der Waals surface area (Å²) < 4.78 is 27.9. The van der Waals surface area contributed by atoms with Crippen LogP contribution in [0.3, 0.4) is 0 Å². The zero-order valence-electron chi connectivity index (χ0n) is 7.49. The fraction of sp³-hybridized carbons (Fsp3) is 0.300. The summed E-state index contributed by atoms with van der Waals surface area (Å²) in [6, 6.07) is 6.16. The van der Waals surface area contributed by atoms with Gasteiger partial charge in [0.15, 0.2) is 0 Å². The van der Waals surface area contributed by atoms with Crippen LogP contribution in [0, 0.1) is 6.92 Å². The molecule has 0 aliphatic rings. The van der Waals surface area contributed by atoms with Crippen molar-refractivity contribution in [3.05, 3.63) is 36.8 Å². The minimum absolute atomic E-state index is 0.0830. The van der Waals surface area contributed by atoms with Gasteiger partial charge in [0.1, 0.15) is 5.75 Å². The topological polar surface area (TPSA) is 29.5 Å². The first-order valence-corrected chi connectivity index (χ1v) is 4.12. The van der Waals surface area contributed by atoms with Crippen LogP contribution in [-0.2, 0) is 0 Å². The van der Waals surface area contributed by atoms with E-state index in [4.69, 9.17) is 5.11 Å². The van der Waals surface area contributed by atoms with E-state index in [0.29, 0.717) is 5.56 Å². The molecule has 0 aliphatic heterocycles. The molecule has 2 nitrogen and oxygen atoms in total. The molecule has 4 heteroatoms. The fourth-order valence-electron chi connectivity index (χ4n) is 1.05. The number of aliphatic hydroxyl groups is 1. The lowest BCUT2D eigenvalue weighted by Crippen LogP contribution is -2.04. The van der Waals surface area contributed by atoms with E-state index in [1.54, 1.807) is 12.1 Å². The summed E-state index contributed by atoms with van der Waals surface area (Å²) in [4.78, 5) is 0. The number of hydrogen-bond donors (Lipinski definition) is 1. The molecule has 1 unspecified atom stereocenters. The average Bonchev–Trinajstić information content (AvgIpc) is 2.16. The van der Waals surface area contributed by atoms with Crippen LogP contribution in [0.5, 0.6) is 5.75 Å². The number of aliphatic hydroxyl groups excluding tert-OH is 1. The molecule has 0 bridgehead atoms. The first-order chi connectivity index (χ1) is 6.63. The van der Waals surface area contributed by atoms with Crippen molar-refractivity contribution in [2.24, 2.45) is 0 Å². The summed E-state index contributed by atoms with van der Waals surface area (Å²) in [5.41, 5.74) is 0.672. The minimum Gasteiger partial charge on any atom is -0.435 e. The molecule has 0 fully saturated rings. The van der Waals surface area contributed by atoms with Gasteiger partial charge in [-0.05, 0) is 24.6 Å². The minimum atomic E-state index is -2.83. The molecule has 0 saturated carbocycles. The average molecular weight is 201 g/mol. The van der Waals surface area contributed by atoms with Crippen molar-refractivity contribution < 1.29 is 18.6 Å². The van der Waals surface area contributed by atoms with E-state index in [1.807, 2.05) is 0 Å². The monoisotopic (exact) mass is 201 g/mol. The van der Waals surface area contributed by atoms with Crippen LogP contribution in [0.25, 0.3) is 0 Å². The van der Waals surface area contributed by atoms with E-state index in [1.165, 1.54) is 12.1 Å². The number of benzene rings is 1. The predicted octanol–water partition coefficient (Wildman–Crippen LogP) is 2.20. The molecule has 1 N–H and O–H groups in total. The third-order valence-electron chi connectivity index (χ3n) is 1.78. The maximum absolute atomic E-state index is 11.8. The Morgan fingerprint density at radius 2 is 2.14 bits per heavy atom. The molecule has 1 atom stereocenters. The third-order valence-corrected chi connectivity index (χ3v) is 1.78. The van der Waals surface area contributed by atoms with Gasteiger partial charge < -0.3 is 9.84 Å². The van der Waals surface area contributed by atoms with Crippen molar-refractivity contribution in [2.45, 2.75) is 12.5 Å². The van der Waals surface area contributed by atoms with Gasteiger partial charge in [0.05, 0.1) is 0 Å². The van der Waals surface area contributed by atoms with Crippen LogP contribution in [0.15, 0.2) is 24.3 Å². The number of ether oxygens (including phenoxy) is 1. The van der Waals surface area contributed by atoms with Crippen molar-refractivity contribution in [1.29, 1.82) is 0 Å². The molecule has 0 amide bonds. The summed E-state index contributed by atoms with van der Waals surface area (Å²) >= 11 is 0. The smallest absolute Gasteiger partial charge is 0.387 e. The second kappa shape index (κ2) is 4.91. The molecular formula is C10H11F2O2. The lowest BCUT2D eigenvalue weighted by molar-refractivity contribution is -0.0498. The summed E-state index contributed by atoms with van der Waals surface area (Å²) in [6.07, 6.45) is 0. The van der Waals surface area contributed by atoms with Gasteiger partial charge in [0.2, 0.25) is 0 Å². The summed E-state index contributed by atoms with van der Waals surface area (Å²) in [5.74, 6) is -0.240. The van der Waals surface area contributed by atoms with Gasteiger partial charge in [-0.2, -0.15) is 8.78 Å². The normalized spacial score (nSPS) is 12.9. The lowest BCUT2D eigenvalue weighted by Gasteiger charge is -2.10. The van der Waals surface area contributed by atoms with Gasteiger partial charge in [-0.25, -0.2) is 0 Å². The molecule has 14 heavy (non-hydrogen) atoms. The van der Waals surface area contributed by atoms with Crippen molar-refractivity contribution in [2.75, 3.05) is 6.61 Å². The lowest BCUT2D eigenvalue weighted by atomic mass is 10.0. The highest BCUT2D eigenvalue weighted by atomic mass is 19.3. The van der Waals surface area contributed by atoms with E-state index in [0.717, 1.165) is 0 Å². The molecule has 0 spiro atoms. The van der Waals surface area contributed by atoms with Crippen LogP contribution < -0.4 is 4.74 Å². The molecule has 1 radical (unpaired) electrons. The van der Waals surface area contributed by atoms with Gasteiger partial charge in [-0.1, -0.05) is 12.1 Å². The quantitative estimate of drug-likeness (QED) is 0.809. The van der Waals surface area contributed by atoms with E-state index >= 15 is 0 Å². The third kappa shape index (κ3) is 2.96. The van der Waals surface area contributed by atoms with Crippen LogP contribution in [0.1, 0.15) is 11.5 Å². The van der Waals surface area contributed by atoms with Crippen LogP contribution in [0.4, 0.5) is 8.78 Å². The van der Waals surface area contributed by atoms with Gasteiger partial charge >= 0.3 is 6.61 Å². The molecule has 0 aliphatic carbocycles. The van der Waals surface area contributed by atoms with Crippen molar-refractivity contribution >= 4 is 0 Å². The standard InChI is InChI=1S/C10H11F2O2/c1-7(6-13)8-3-2-4-9(5-8)14-10(11)12/h2-5,7,10,13H,1,6H2. The Balaban J connectivity index is 2.78. The highest BCUT2D eigenvalue weighted by Gasteiger charge is 2.07. The zero-order valence-corrected chi connectivity index (χ0v) is 7.49. The van der Waals surface area contributed by atoms with E-state index in [9.17, 15) is 8.78 Å². The Hall–Kier alpha value is -1.16. The maximum Gasteiger partial charge on any atom is 0.387 e. The molecule has 0 heterocycles. The first kappa shape index (κ1) is 10.9. The number of halogens is 2. The van der Waals surface area contributed by atoms with Crippen molar-refractivity contribution in [3.63, 3.8) is 0 Å². The molecule has 1 aromatic carbocycles. The van der Waals surface area contributed by atoms with Crippen LogP contribution in [0.2, 0.25) is 0 Å². The Morgan fingerprint density at radius 1 is 1.43 bits per heavy atom. The largest absolute Gasteiger partial charge is 0.435 e. The Bertz CT molecular complexity index is 289. The molecule has 77 valence electrons. The van der Waals surface area contributed by atoms with Gasteiger partial charge in [0, 0.05) is 12.5 Å². The molecule has 1 rings (SSSR count). The number of hydrogen-bond acceptors (Lipinski definition) is 2. The van der Waals surface area contributed by atoms with Gasteiger partial charge in [-0.3, -0.25) is 0 Å². The van der Waals surface area contributed by atoms with Crippen LogP contribution in [-0.4, -0.2) is 18.3 Å². The molecule has 0 saturated heterocycles. The van der Waals surface area contributed by atoms with E-state index < -0.39 is 6.61 Å². The Labute approximate surface area is 81.1 Å². The first-order valence-electron chi connectivity index (χ1n) is 4.12. The zero-order chi connectivity index (χ0) is 10.6. The van der Waals surface area contributed by atoms with E-state index in [2.05, 4.69) is 11.7 Å². The van der Waals surface area contributed by atoms with Gasteiger partial charge in [-0.15, -0.1) is 0 Å². The maximum atomic E-state index is 11.8. The van der Waals surface area contributed by atoms with Crippen molar-refractivity contribution in [1.82, 2.24) is 0 Å². The molecular weight excluding hydrogens is 190 g/mol. The highest BCUT2D eigenvalue weighted by molar-refractivity contribution is 5.31. The van der Waals surface area contributed by atoms with Crippen molar-refractivity contribution in [3.8, 4) is 5.75 Å². The van der Waals surface area contributed by atoms with Gasteiger partial charge in [0.25, 0.3) is 0 Å². The fourth-order valence-corrected chi connectivity index (χ4v) is 1.05. The summed E-state index contributed by atoms with van der Waals surface area (Å²) in [7, 11) is 0. The SMILES string of the molecule is [CH2]C(CO)c1cccc(OC(F)F)c1. The molecule has 1 aromatic rings. The Kier molecular flexibility index (Phi) is 3.83. The Morgan fingerprint density at radius 3 is 2.71 bits per heavy atom. The number of rotatable bonds is 4. The number of alkyl halides is 2. The van der Waals surface area contributed by atoms with Crippen LogP contribution >= 0.6 is 0 Å². The second-order valence-corrected chi connectivity index (χ2v) is 2.83. The summed E-state index contributed by atoms with van der Waals surface area (Å²) in [5, 5.41) is 8.81. The van der Waals surface area contributed by atoms with E-state index in [-0.39, 0.29) is 18.3 Å². The highest BCUT2D eigenvalue weighted by Crippen LogP contribution is 2.21. The predicted molar refractivity (Wildman–Crippen MR) is 48.3 cm³/mol. The molecule has 0 aromatic heterocycles. The summed E-state index contributed by atoms with van der Waals surface area (Å²) in [6.45, 7) is 0.696. The second-order valence-electron chi connectivity index (χ2n) is 2.83.